The summed E-state index contributed by atoms with van der Waals surface area (Å²) in [5.74, 6) is 0.829. The zero-order chi connectivity index (χ0) is 73.6. The molecule has 3 saturated carbocycles. The van der Waals surface area contributed by atoms with E-state index in [-0.39, 0.29) is 68.8 Å². The maximum absolute atomic E-state index is 13.0. The van der Waals surface area contributed by atoms with Gasteiger partial charge < -0.3 is 41.0 Å². The number of fused-ring (bicyclic) bond motifs is 6. The Labute approximate surface area is 604 Å². The number of nitrogens with zero attached hydrogens (tertiary/aromatic N) is 14. The Bertz CT molecular complexity index is 5140. The number of hydrogen-bond acceptors (Lipinski definition) is 21. The summed E-state index contributed by atoms with van der Waals surface area (Å²) in [5.41, 5.74) is 15.6. The van der Waals surface area contributed by atoms with E-state index >= 15 is 0 Å². The summed E-state index contributed by atoms with van der Waals surface area (Å²) in [6, 6.07) is 29.1. The van der Waals surface area contributed by atoms with E-state index < -0.39 is 22.0 Å². The summed E-state index contributed by atoms with van der Waals surface area (Å²) in [6.07, 6.45) is 20.4. The minimum absolute atomic E-state index is 0.0404. The lowest BCUT2D eigenvalue weighted by Crippen LogP contribution is -2.39. The molecule has 104 heavy (non-hydrogen) atoms. The normalized spacial score (nSPS) is 16.2. The predicted molar refractivity (Wildman–Crippen MR) is 397 cm³/mol. The molecule has 538 valence electrons. The number of nitrogens with one attached hydrogen (secondary N) is 3. The van der Waals surface area contributed by atoms with Gasteiger partial charge in [-0.15, -0.1) is 0 Å². The molecule has 6 aliphatic rings. The predicted octanol–water partition coefficient (Wildman–Crippen LogP) is 12.1. The van der Waals surface area contributed by atoms with Crippen LogP contribution in [-0.2, 0) is 59.2 Å². The van der Waals surface area contributed by atoms with Crippen LogP contribution >= 0.6 is 0 Å². The van der Waals surface area contributed by atoms with E-state index in [9.17, 15) is 38.7 Å². The van der Waals surface area contributed by atoms with Crippen molar-refractivity contribution in [2.45, 2.75) is 192 Å². The van der Waals surface area contributed by atoms with Gasteiger partial charge in [0.25, 0.3) is 16.7 Å². The van der Waals surface area contributed by atoms with Gasteiger partial charge in [-0.05, 0) is 194 Å². The smallest absolute Gasteiger partial charge is 0.410 e. The van der Waals surface area contributed by atoms with Gasteiger partial charge in [-0.2, -0.15) is 25.8 Å². The topological polar surface area (TPSA) is 353 Å². The number of carbonyl (C=O) groups excluding carboxylic acids is 2. The summed E-state index contributed by atoms with van der Waals surface area (Å²) in [4.78, 5) is 93.0. The number of pyridine rings is 3. The standard InChI is InChI=1S/C27H30N6O3.C22H22N6O.C14H14N4O2S.C14H20N2O2/c1-27(2,3)36-26(35)32-11-10-17-8-9-21(13-20(17)16-32)30-25-29-15-19-12-18(14-28)24(34)33(23(19)31-25)22-6-4-5-7-22;23-11-15-9-17-13-25-22(26-18-6-5-14-7-8-24-12-16(14)10-18)27-20(17)28(21(15)29)19-3-1-2-4-19;1-21(20)14-16-8-10-6-9(7-15)13(19)18(12(10)17-14)11-4-2-3-5-11;1-14(2,3)18-13(17)16-7-6-10-4-5-12(15)8-11(10)9-16/h8-9,12-13,15,22H,4-7,10-11,16H2,1-3H3,(H,29,30,31);5-6,9-10,13,19,24H,1-4,7-8,12H2,(H,25,26,27);6,8,11H,2-5H2,1H3;4-5,8H,6-7,9,15H2,1-3H3. The number of hydrogen-bond donors (Lipinski definition) is 4. The Balaban J connectivity index is 0.000000135. The SMILES string of the molecule is CC(C)(C)OC(=O)N1CCc2ccc(N)cc2C1.CC(C)(C)OC(=O)N1CCc2ccc(Nc3ncc4cc(C#N)c(=O)n(C5CCCC5)c4n3)cc2C1.CS(=O)c1ncc2cc(C#N)c(=O)n(C3CCCC3)c2n1.N#Cc1cc2cnc(Nc3ccc4c(c3)CNCC4)nc2n(C2CCCC2)c1=O. The molecule has 3 aliphatic heterocycles. The fourth-order valence-electron chi connectivity index (χ4n) is 14.3. The second kappa shape index (κ2) is 31.3. The average Bonchev–Trinajstić information content (AvgIpc) is 1.19. The van der Waals surface area contributed by atoms with Gasteiger partial charge in [0.2, 0.25) is 17.1 Å². The number of ether oxygens (including phenoxy) is 2. The van der Waals surface area contributed by atoms with Gasteiger partial charge >= 0.3 is 12.2 Å². The van der Waals surface area contributed by atoms with E-state index in [1.807, 2.05) is 96.1 Å². The molecule has 0 bridgehead atoms. The first-order chi connectivity index (χ1) is 49.9. The Morgan fingerprint density at radius 1 is 0.529 bits per heavy atom. The Kier molecular flexibility index (Phi) is 21.9. The highest BCUT2D eigenvalue weighted by molar-refractivity contribution is 7.84. The van der Waals surface area contributed by atoms with E-state index in [1.54, 1.807) is 48.0 Å². The van der Waals surface area contributed by atoms with Crippen LogP contribution in [-0.4, -0.2) is 107 Å². The first kappa shape index (κ1) is 72.8. The van der Waals surface area contributed by atoms with Gasteiger partial charge in [0.1, 0.15) is 63.0 Å². The van der Waals surface area contributed by atoms with Gasteiger partial charge in [-0.3, -0.25) is 32.3 Å². The van der Waals surface area contributed by atoms with Crippen LogP contribution in [0.25, 0.3) is 33.1 Å². The molecule has 0 radical (unpaired) electrons. The van der Waals surface area contributed by atoms with E-state index in [0.29, 0.717) is 71.2 Å². The molecule has 26 nitrogen and oxygen atoms in total. The van der Waals surface area contributed by atoms with Crippen LogP contribution in [0, 0.1) is 34.0 Å². The third-order valence-electron chi connectivity index (χ3n) is 19.4. The molecule has 9 aromatic rings. The van der Waals surface area contributed by atoms with Crippen molar-refractivity contribution < 1.29 is 23.3 Å². The highest BCUT2D eigenvalue weighted by Crippen LogP contribution is 2.35. The quantitative estimate of drug-likeness (QED) is 0.0811. The molecule has 27 heteroatoms. The van der Waals surface area contributed by atoms with E-state index in [1.165, 1.54) is 40.8 Å². The molecule has 3 fully saturated rings. The van der Waals surface area contributed by atoms with Gasteiger partial charge in [-0.1, -0.05) is 56.7 Å². The number of amides is 2. The van der Waals surface area contributed by atoms with Crippen molar-refractivity contribution in [3.8, 4) is 18.2 Å². The summed E-state index contributed by atoms with van der Waals surface area (Å²) >= 11 is 0. The number of rotatable bonds is 8. The zero-order valence-corrected chi connectivity index (χ0v) is 60.6. The largest absolute Gasteiger partial charge is 0.444 e. The lowest BCUT2D eigenvalue weighted by Gasteiger charge is -2.31. The molecule has 6 aromatic heterocycles. The average molecular weight is 1420 g/mol. The van der Waals surface area contributed by atoms with Gasteiger partial charge in [0.15, 0.2) is 0 Å². The number of nitriles is 3. The molecule has 15 rings (SSSR count). The Hall–Kier alpha value is -11.0. The number of carbonyl (C=O) groups is 2. The summed E-state index contributed by atoms with van der Waals surface area (Å²) in [5, 5.41) is 40.1. The number of nitrogens with two attached hydrogens (primary N) is 1. The third-order valence-corrected chi connectivity index (χ3v) is 20.1. The van der Waals surface area contributed by atoms with Crippen molar-refractivity contribution in [3.05, 3.63) is 173 Å². The number of nitrogen functional groups attached to an aromatic ring is 1. The number of benzene rings is 3. The minimum atomic E-state index is -1.31. The van der Waals surface area contributed by atoms with Crippen molar-refractivity contribution in [2.24, 2.45) is 0 Å². The Morgan fingerprint density at radius 3 is 1.33 bits per heavy atom. The molecule has 3 aromatic carbocycles. The van der Waals surface area contributed by atoms with Crippen LogP contribution in [0.2, 0.25) is 0 Å². The monoisotopic (exact) mass is 1420 g/mol. The van der Waals surface area contributed by atoms with Gasteiger partial charge in [-0.25, -0.2) is 29.5 Å². The highest BCUT2D eigenvalue weighted by Gasteiger charge is 2.30. The Morgan fingerprint density at radius 2 is 0.913 bits per heavy atom. The zero-order valence-electron chi connectivity index (χ0n) is 59.8. The molecular weight excluding hydrogens is 1340 g/mol. The lowest BCUT2D eigenvalue weighted by molar-refractivity contribution is 0.0214. The molecule has 1 atom stereocenters. The maximum atomic E-state index is 13.0. The van der Waals surface area contributed by atoms with Crippen LogP contribution in [0.1, 0.15) is 187 Å². The van der Waals surface area contributed by atoms with Gasteiger partial charge in [0, 0.05) is 109 Å². The molecule has 0 saturated heterocycles. The second-order valence-corrected chi connectivity index (χ2v) is 30.4. The van der Waals surface area contributed by atoms with Crippen LogP contribution in [0.5, 0.6) is 0 Å². The number of anilines is 5. The van der Waals surface area contributed by atoms with Crippen molar-refractivity contribution in [2.75, 3.05) is 42.3 Å². The maximum Gasteiger partial charge on any atom is 0.410 e. The van der Waals surface area contributed by atoms with Crippen molar-refractivity contribution >= 4 is 85.0 Å². The molecule has 9 heterocycles. The van der Waals surface area contributed by atoms with E-state index in [2.05, 4.69) is 59.1 Å². The van der Waals surface area contributed by atoms with Crippen molar-refractivity contribution in [1.29, 1.82) is 15.8 Å². The van der Waals surface area contributed by atoms with Crippen molar-refractivity contribution in [3.63, 3.8) is 0 Å². The molecule has 1 unspecified atom stereocenters. The summed E-state index contributed by atoms with van der Waals surface area (Å²) in [7, 11) is -1.31. The highest BCUT2D eigenvalue weighted by atomic mass is 32.2. The fourth-order valence-corrected chi connectivity index (χ4v) is 14.8. The van der Waals surface area contributed by atoms with E-state index in [0.717, 1.165) is 138 Å². The minimum Gasteiger partial charge on any atom is -0.444 e. The molecule has 5 N–H and O–H groups in total. The second-order valence-electron chi connectivity index (χ2n) is 29.2. The van der Waals surface area contributed by atoms with Gasteiger partial charge in [0.05, 0.1) is 10.8 Å². The number of aromatic nitrogens is 9. The van der Waals surface area contributed by atoms with Crippen LogP contribution in [0.15, 0.2) is 111 Å². The lowest BCUT2D eigenvalue weighted by atomic mass is 9.99. The van der Waals surface area contributed by atoms with Crippen LogP contribution in [0.3, 0.4) is 0 Å². The van der Waals surface area contributed by atoms with Crippen LogP contribution in [0.4, 0.5) is 38.5 Å². The molecule has 3 aliphatic carbocycles. The molecular formula is C77H86N18O8S. The van der Waals surface area contributed by atoms with Crippen LogP contribution < -0.4 is 38.4 Å². The fraction of sp³-hybridized carbons (Fsp3) is 0.429. The van der Waals surface area contributed by atoms with E-state index in [4.69, 9.17) is 25.5 Å². The summed E-state index contributed by atoms with van der Waals surface area (Å²) in [6.45, 7) is 15.5. The summed E-state index contributed by atoms with van der Waals surface area (Å²) < 4.78 is 27.5. The first-order valence-electron chi connectivity index (χ1n) is 35.5. The first-order valence-corrected chi connectivity index (χ1v) is 37.1. The van der Waals surface area contributed by atoms with Crippen molar-refractivity contribution in [1.82, 2.24) is 58.7 Å². The molecule has 0 spiro atoms. The molecule has 2 amide bonds. The third kappa shape index (κ3) is 16.9.